The van der Waals surface area contributed by atoms with E-state index in [1.165, 1.54) is 14.0 Å². The molecule has 22 heavy (non-hydrogen) atoms. The summed E-state index contributed by atoms with van der Waals surface area (Å²) in [5, 5.41) is 11.1. The van der Waals surface area contributed by atoms with Crippen molar-refractivity contribution in [1.82, 2.24) is 0 Å². The van der Waals surface area contributed by atoms with Crippen molar-refractivity contribution >= 4 is 17.6 Å². The highest BCUT2D eigenvalue weighted by Crippen LogP contribution is 2.35. The van der Waals surface area contributed by atoms with Crippen LogP contribution in [0.15, 0.2) is 12.1 Å². The molecular weight excluding hydrogens is 296 g/mol. The van der Waals surface area contributed by atoms with Crippen molar-refractivity contribution in [3.63, 3.8) is 0 Å². The van der Waals surface area contributed by atoms with Crippen LogP contribution in [-0.2, 0) is 9.53 Å². The third-order valence-electron chi connectivity index (χ3n) is 2.68. The van der Waals surface area contributed by atoms with E-state index in [2.05, 4.69) is 0 Å². The number of hydrogen-bond donors (Lipinski definition) is 1. The molecule has 2 N–H and O–H groups in total. The molecule has 0 aliphatic heterocycles. The Morgan fingerprint density at radius 1 is 1.36 bits per heavy atom. The Labute approximate surface area is 126 Å². The van der Waals surface area contributed by atoms with Crippen molar-refractivity contribution in [3.8, 4) is 11.5 Å². The molecule has 0 unspecified atom stereocenters. The number of carbonyl (C=O) groups is 2. The minimum absolute atomic E-state index is 0.121. The first-order valence-electron chi connectivity index (χ1n) is 6.31. The highest BCUT2D eigenvalue weighted by Gasteiger charge is 2.27. The predicted molar refractivity (Wildman–Crippen MR) is 74.9 cm³/mol. The predicted octanol–water partition coefficient (Wildman–Crippen LogP) is 1.03. The summed E-state index contributed by atoms with van der Waals surface area (Å²) in [4.78, 5) is 33.3. The van der Waals surface area contributed by atoms with E-state index in [4.69, 9.17) is 19.9 Å². The molecule has 0 aliphatic carbocycles. The zero-order chi connectivity index (χ0) is 16.9. The van der Waals surface area contributed by atoms with Gasteiger partial charge in [-0.25, -0.2) is 4.79 Å². The maximum absolute atomic E-state index is 12.0. The molecule has 0 aromatic heterocycles. The van der Waals surface area contributed by atoms with Gasteiger partial charge < -0.3 is 19.9 Å². The Morgan fingerprint density at radius 3 is 2.45 bits per heavy atom. The van der Waals surface area contributed by atoms with E-state index in [9.17, 15) is 19.7 Å². The highest BCUT2D eigenvalue weighted by atomic mass is 16.6. The smallest absolute Gasteiger partial charge is 0.346 e. The summed E-state index contributed by atoms with van der Waals surface area (Å²) in [7, 11) is 1.32. The van der Waals surface area contributed by atoms with Crippen LogP contribution in [0, 0.1) is 10.1 Å². The fourth-order valence-electron chi connectivity index (χ4n) is 1.57. The molecule has 0 aliphatic rings. The number of rotatable bonds is 7. The fourth-order valence-corrected chi connectivity index (χ4v) is 1.57. The number of nitrogens with two attached hydrogens (primary N) is 1. The van der Waals surface area contributed by atoms with Crippen molar-refractivity contribution in [3.05, 3.63) is 27.8 Å². The van der Waals surface area contributed by atoms with Crippen LogP contribution in [0.1, 0.15) is 24.2 Å². The molecule has 120 valence electrons. The monoisotopic (exact) mass is 312 g/mol. The minimum Gasteiger partial charge on any atom is -0.493 e. The number of methoxy groups -OCH3 is 1. The lowest BCUT2D eigenvalue weighted by molar-refractivity contribution is -0.385. The SMILES string of the molecule is CCOc1cc([N+](=O)[O-])c(C(=O)O[C@H](C)C(N)=O)cc1OC. The summed E-state index contributed by atoms with van der Waals surface area (Å²) in [6, 6.07) is 2.19. The van der Waals surface area contributed by atoms with Gasteiger partial charge in [0.2, 0.25) is 0 Å². The number of nitro benzene ring substituents is 1. The van der Waals surface area contributed by atoms with Gasteiger partial charge in [-0.1, -0.05) is 0 Å². The average Bonchev–Trinajstić information content (AvgIpc) is 2.46. The Balaban J connectivity index is 3.29. The van der Waals surface area contributed by atoms with E-state index in [-0.39, 0.29) is 23.7 Å². The first-order valence-corrected chi connectivity index (χ1v) is 6.31. The first kappa shape index (κ1) is 17.2. The molecule has 0 heterocycles. The number of nitro groups is 1. The molecule has 0 spiro atoms. The van der Waals surface area contributed by atoms with Crippen molar-refractivity contribution in [2.24, 2.45) is 5.73 Å². The van der Waals surface area contributed by atoms with Gasteiger partial charge in [-0.3, -0.25) is 14.9 Å². The maximum atomic E-state index is 12.0. The molecule has 1 rings (SSSR count). The number of primary amides is 1. The molecule has 9 heteroatoms. The van der Waals surface area contributed by atoms with Crippen molar-refractivity contribution in [2.75, 3.05) is 13.7 Å². The van der Waals surface area contributed by atoms with Gasteiger partial charge in [-0.05, 0) is 13.8 Å². The second-order valence-electron chi connectivity index (χ2n) is 4.16. The lowest BCUT2D eigenvalue weighted by Gasteiger charge is -2.13. The first-order chi connectivity index (χ1) is 10.3. The standard InChI is InChI=1S/C13H16N2O7/c1-4-21-11-6-9(15(18)19)8(5-10(11)20-3)13(17)22-7(2)12(14)16/h5-7H,4H2,1-3H3,(H2,14,16)/t7-/m1/s1. The zero-order valence-electron chi connectivity index (χ0n) is 12.3. The van der Waals surface area contributed by atoms with Crippen LogP contribution in [0.2, 0.25) is 0 Å². The van der Waals surface area contributed by atoms with Gasteiger partial charge in [0.25, 0.3) is 11.6 Å². The Hall–Kier alpha value is -2.84. The number of hydrogen-bond acceptors (Lipinski definition) is 7. The van der Waals surface area contributed by atoms with Crippen LogP contribution in [-0.4, -0.2) is 36.6 Å². The lowest BCUT2D eigenvalue weighted by atomic mass is 10.1. The molecule has 0 bridgehead atoms. The van der Waals surface area contributed by atoms with Gasteiger partial charge in [0.1, 0.15) is 5.56 Å². The Kier molecular flexibility index (Phi) is 5.67. The lowest BCUT2D eigenvalue weighted by Crippen LogP contribution is -2.30. The summed E-state index contributed by atoms with van der Waals surface area (Å²) < 4.78 is 15.0. The minimum atomic E-state index is -1.22. The molecule has 1 aromatic rings. The third kappa shape index (κ3) is 3.84. The van der Waals surface area contributed by atoms with E-state index in [0.717, 1.165) is 12.1 Å². The molecule has 9 nitrogen and oxygen atoms in total. The molecule has 0 fully saturated rings. The Morgan fingerprint density at radius 2 is 2.00 bits per heavy atom. The van der Waals surface area contributed by atoms with Crippen LogP contribution in [0.5, 0.6) is 11.5 Å². The van der Waals surface area contributed by atoms with Crippen molar-refractivity contribution in [2.45, 2.75) is 20.0 Å². The maximum Gasteiger partial charge on any atom is 0.346 e. The average molecular weight is 312 g/mol. The summed E-state index contributed by atoms with van der Waals surface area (Å²) in [5.74, 6) is -1.67. The number of ether oxygens (including phenoxy) is 3. The van der Waals surface area contributed by atoms with Crippen LogP contribution in [0.25, 0.3) is 0 Å². The second-order valence-corrected chi connectivity index (χ2v) is 4.16. The highest BCUT2D eigenvalue weighted by molar-refractivity contribution is 5.96. The number of benzene rings is 1. The number of amides is 1. The van der Waals surface area contributed by atoms with Crippen LogP contribution < -0.4 is 15.2 Å². The van der Waals surface area contributed by atoms with E-state index in [1.807, 2.05) is 0 Å². The molecular formula is C13H16N2O7. The molecule has 1 amide bonds. The van der Waals surface area contributed by atoms with E-state index < -0.39 is 28.6 Å². The van der Waals surface area contributed by atoms with E-state index in [1.54, 1.807) is 6.92 Å². The number of esters is 1. The number of carbonyl (C=O) groups excluding carboxylic acids is 2. The third-order valence-corrected chi connectivity index (χ3v) is 2.68. The molecule has 1 aromatic carbocycles. The summed E-state index contributed by atoms with van der Waals surface area (Å²) in [5.41, 5.74) is 4.10. The molecule has 1 atom stereocenters. The van der Waals surface area contributed by atoms with Gasteiger partial charge in [0.05, 0.1) is 24.7 Å². The summed E-state index contributed by atoms with van der Waals surface area (Å²) in [6.45, 7) is 3.22. The Bertz CT molecular complexity index is 600. The van der Waals surface area contributed by atoms with Crippen molar-refractivity contribution < 1.29 is 28.7 Å². The molecule has 0 radical (unpaired) electrons. The van der Waals surface area contributed by atoms with E-state index >= 15 is 0 Å². The fraction of sp³-hybridized carbons (Fsp3) is 0.385. The summed E-state index contributed by atoms with van der Waals surface area (Å²) in [6.07, 6.45) is -1.22. The second kappa shape index (κ2) is 7.25. The van der Waals surface area contributed by atoms with Crippen LogP contribution in [0.3, 0.4) is 0 Å². The zero-order valence-corrected chi connectivity index (χ0v) is 12.3. The van der Waals surface area contributed by atoms with Gasteiger partial charge in [0, 0.05) is 6.07 Å². The van der Waals surface area contributed by atoms with Crippen LogP contribution in [0.4, 0.5) is 5.69 Å². The topological polar surface area (TPSA) is 131 Å². The quantitative estimate of drug-likeness (QED) is 0.452. The normalized spacial score (nSPS) is 11.4. The van der Waals surface area contributed by atoms with Gasteiger partial charge in [-0.2, -0.15) is 0 Å². The van der Waals surface area contributed by atoms with Gasteiger partial charge in [-0.15, -0.1) is 0 Å². The van der Waals surface area contributed by atoms with Crippen LogP contribution >= 0.6 is 0 Å². The van der Waals surface area contributed by atoms with Crippen molar-refractivity contribution in [1.29, 1.82) is 0 Å². The van der Waals surface area contributed by atoms with Gasteiger partial charge in [0.15, 0.2) is 17.6 Å². The largest absolute Gasteiger partial charge is 0.493 e. The van der Waals surface area contributed by atoms with Gasteiger partial charge >= 0.3 is 5.97 Å². The molecule has 0 saturated carbocycles. The molecule has 0 saturated heterocycles. The number of nitrogens with zero attached hydrogens (tertiary/aromatic N) is 1. The summed E-state index contributed by atoms with van der Waals surface area (Å²) >= 11 is 0. The van der Waals surface area contributed by atoms with E-state index in [0.29, 0.717) is 0 Å².